The molecule has 0 aliphatic rings. The van der Waals surface area contributed by atoms with Gasteiger partial charge in [-0.1, -0.05) is 51.1 Å². The second kappa shape index (κ2) is 7.47. The second-order valence-corrected chi connectivity index (χ2v) is 7.16. The van der Waals surface area contributed by atoms with Gasteiger partial charge in [0.05, 0.1) is 12.5 Å². The Kier molecular flexibility index (Phi) is 5.57. The molecule has 0 saturated heterocycles. The fraction of sp³-hybridized carbons (Fsp3) is 0.350. The molecule has 25 heavy (non-hydrogen) atoms. The number of pyridine rings is 1. The molecule has 0 saturated carbocycles. The van der Waals surface area contributed by atoms with Gasteiger partial charge in [0.1, 0.15) is 5.69 Å². The molecular weight excluding hydrogens is 316 g/mol. The standard InChI is InChI=1S/C20H24N2O3/c1-13-6-5-11-21-18(13)19(25)22-16(12-17(23)24)14-7-9-15(10-8-14)20(2,3)4/h5-11,16H,12H2,1-4H3,(H,22,25)(H,23,24). The summed E-state index contributed by atoms with van der Waals surface area (Å²) in [6.07, 6.45) is 1.36. The highest BCUT2D eigenvalue weighted by molar-refractivity contribution is 5.94. The summed E-state index contributed by atoms with van der Waals surface area (Å²) in [4.78, 5) is 27.8. The van der Waals surface area contributed by atoms with Gasteiger partial charge in [0.15, 0.2) is 0 Å². The normalized spacial score (nSPS) is 12.5. The minimum Gasteiger partial charge on any atom is -0.481 e. The Hall–Kier alpha value is -2.69. The third kappa shape index (κ3) is 4.89. The minimum atomic E-state index is -0.969. The zero-order chi connectivity index (χ0) is 18.6. The zero-order valence-corrected chi connectivity index (χ0v) is 15.0. The molecule has 1 atom stereocenters. The molecule has 1 unspecified atom stereocenters. The van der Waals surface area contributed by atoms with Crippen LogP contribution in [0.25, 0.3) is 0 Å². The van der Waals surface area contributed by atoms with E-state index in [0.717, 1.165) is 16.7 Å². The van der Waals surface area contributed by atoms with E-state index < -0.39 is 12.0 Å². The first-order valence-electron chi connectivity index (χ1n) is 8.23. The Balaban J connectivity index is 2.26. The molecule has 0 bridgehead atoms. The van der Waals surface area contributed by atoms with Crippen molar-refractivity contribution in [2.45, 2.75) is 45.6 Å². The summed E-state index contributed by atoms with van der Waals surface area (Å²) in [5.41, 5.74) is 2.98. The smallest absolute Gasteiger partial charge is 0.305 e. The number of carboxylic acid groups (broad SMARTS) is 1. The van der Waals surface area contributed by atoms with Gasteiger partial charge in [-0.05, 0) is 35.1 Å². The van der Waals surface area contributed by atoms with E-state index >= 15 is 0 Å². The number of nitrogens with zero attached hydrogens (tertiary/aromatic N) is 1. The minimum absolute atomic E-state index is 0.00907. The molecule has 5 nitrogen and oxygen atoms in total. The van der Waals surface area contributed by atoms with E-state index in [1.807, 2.05) is 24.3 Å². The van der Waals surface area contributed by atoms with Crippen molar-refractivity contribution in [2.24, 2.45) is 0 Å². The molecule has 0 aliphatic carbocycles. The van der Waals surface area contributed by atoms with Crippen LogP contribution < -0.4 is 5.32 Å². The van der Waals surface area contributed by atoms with Crippen LogP contribution in [0.15, 0.2) is 42.6 Å². The molecule has 2 N–H and O–H groups in total. The quantitative estimate of drug-likeness (QED) is 0.871. The summed E-state index contributed by atoms with van der Waals surface area (Å²) in [6.45, 7) is 8.14. The van der Waals surface area contributed by atoms with Crippen molar-refractivity contribution < 1.29 is 14.7 Å². The zero-order valence-electron chi connectivity index (χ0n) is 15.0. The first kappa shape index (κ1) is 18.6. The Morgan fingerprint density at radius 1 is 1.16 bits per heavy atom. The molecule has 2 aromatic rings. The number of hydrogen-bond acceptors (Lipinski definition) is 3. The topological polar surface area (TPSA) is 79.3 Å². The van der Waals surface area contributed by atoms with Crippen LogP contribution in [0, 0.1) is 6.92 Å². The average Bonchev–Trinajstić information content (AvgIpc) is 2.53. The number of hydrogen-bond donors (Lipinski definition) is 2. The molecule has 0 fully saturated rings. The predicted molar refractivity (Wildman–Crippen MR) is 96.6 cm³/mol. The van der Waals surface area contributed by atoms with Gasteiger partial charge in [-0.15, -0.1) is 0 Å². The molecule has 132 valence electrons. The molecule has 0 spiro atoms. The third-order valence-corrected chi connectivity index (χ3v) is 4.09. The summed E-state index contributed by atoms with van der Waals surface area (Å²) in [7, 11) is 0. The number of rotatable bonds is 5. The lowest BCUT2D eigenvalue weighted by Crippen LogP contribution is -2.31. The number of carbonyl (C=O) groups excluding carboxylic acids is 1. The summed E-state index contributed by atoms with van der Waals surface area (Å²) >= 11 is 0. The predicted octanol–water partition coefficient (Wildman–Crippen LogP) is 3.63. The van der Waals surface area contributed by atoms with Gasteiger partial charge in [-0.25, -0.2) is 0 Å². The van der Waals surface area contributed by atoms with Crippen LogP contribution in [0.3, 0.4) is 0 Å². The maximum Gasteiger partial charge on any atom is 0.305 e. The van der Waals surface area contributed by atoms with E-state index in [-0.39, 0.29) is 17.7 Å². The van der Waals surface area contributed by atoms with Gasteiger partial charge in [-0.2, -0.15) is 0 Å². The van der Waals surface area contributed by atoms with E-state index in [0.29, 0.717) is 5.69 Å². The summed E-state index contributed by atoms with van der Waals surface area (Å²) in [6, 6.07) is 10.6. The monoisotopic (exact) mass is 340 g/mol. The van der Waals surface area contributed by atoms with E-state index in [1.165, 1.54) is 0 Å². The number of carbonyl (C=O) groups is 2. The first-order chi connectivity index (χ1) is 11.7. The highest BCUT2D eigenvalue weighted by atomic mass is 16.4. The van der Waals surface area contributed by atoms with E-state index in [4.69, 9.17) is 0 Å². The number of aryl methyl sites for hydroxylation is 1. The van der Waals surface area contributed by atoms with Crippen molar-refractivity contribution in [3.8, 4) is 0 Å². The van der Waals surface area contributed by atoms with Crippen molar-refractivity contribution in [3.63, 3.8) is 0 Å². The molecule has 2 rings (SSSR count). The lowest BCUT2D eigenvalue weighted by atomic mass is 9.86. The maximum atomic E-state index is 12.5. The molecular formula is C20H24N2O3. The molecule has 1 aromatic carbocycles. The van der Waals surface area contributed by atoms with Crippen molar-refractivity contribution >= 4 is 11.9 Å². The van der Waals surface area contributed by atoms with Crippen LogP contribution in [0.1, 0.15) is 60.4 Å². The van der Waals surface area contributed by atoms with E-state index in [2.05, 4.69) is 31.1 Å². The van der Waals surface area contributed by atoms with Crippen molar-refractivity contribution in [3.05, 3.63) is 65.0 Å². The van der Waals surface area contributed by atoms with Crippen LogP contribution in [-0.4, -0.2) is 22.0 Å². The molecule has 1 heterocycles. The van der Waals surface area contributed by atoms with Crippen LogP contribution in [0.2, 0.25) is 0 Å². The Morgan fingerprint density at radius 3 is 2.32 bits per heavy atom. The Labute approximate surface area is 148 Å². The van der Waals surface area contributed by atoms with Gasteiger partial charge in [0, 0.05) is 6.20 Å². The lowest BCUT2D eigenvalue weighted by molar-refractivity contribution is -0.137. The molecule has 5 heteroatoms. The van der Waals surface area contributed by atoms with E-state index in [1.54, 1.807) is 25.3 Å². The molecule has 1 aromatic heterocycles. The second-order valence-electron chi connectivity index (χ2n) is 7.16. The van der Waals surface area contributed by atoms with Crippen LogP contribution in [0.4, 0.5) is 0 Å². The maximum absolute atomic E-state index is 12.5. The number of aliphatic carboxylic acids is 1. The fourth-order valence-electron chi connectivity index (χ4n) is 2.59. The van der Waals surface area contributed by atoms with Crippen molar-refractivity contribution in [2.75, 3.05) is 0 Å². The summed E-state index contributed by atoms with van der Waals surface area (Å²) < 4.78 is 0. The highest BCUT2D eigenvalue weighted by Crippen LogP contribution is 2.25. The van der Waals surface area contributed by atoms with Gasteiger partial charge < -0.3 is 10.4 Å². The van der Waals surface area contributed by atoms with Gasteiger partial charge in [0.2, 0.25) is 0 Å². The molecule has 0 aliphatic heterocycles. The van der Waals surface area contributed by atoms with Gasteiger partial charge in [-0.3, -0.25) is 14.6 Å². The Morgan fingerprint density at radius 2 is 1.80 bits per heavy atom. The fourth-order valence-corrected chi connectivity index (χ4v) is 2.59. The largest absolute Gasteiger partial charge is 0.481 e. The SMILES string of the molecule is Cc1cccnc1C(=O)NC(CC(=O)O)c1ccc(C(C)(C)C)cc1. The van der Waals surface area contributed by atoms with Gasteiger partial charge in [0.25, 0.3) is 5.91 Å². The number of carboxylic acids is 1. The van der Waals surface area contributed by atoms with Crippen molar-refractivity contribution in [1.82, 2.24) is 10.3 Å². The van der Waals surface area contributed by atoms with Gasteiger partial charge >= 0.3 is 5.97 Å². The number of nitrogens with one attached hydrogen (secondary N) is 1. The number of benzene rings is 1. The third-order valence-electron chi connectivity index (χ3n) is 4.09. The van der Waals surface area contributed by atoms with Crippen LogP contribution in [-0.2, 0) is 10.2 Å². The van der Waals surface area contributed by atoms with Crippen LogP contribution >= 0.6 is 0 Å². The number of aromatic nitrogens is 1. The molecule has 1 amide bonds. The summed E-state index contributed by atoms with van der Waals surface area (Å²) in [5.74, 6) is -1.34. The van der Waals surface area contributed by atoms with Crippen LogP contribution in [0.5, 0.6) is 0 Å². The number of amides is 1. The summed E-state index contributed by atoms with van der Waals surface area (Å²) in [5, 5.41) is 12.0. The van der Waals surface area contributed by atoms with Crippen molar-refractivity contribution in [1.29, 1.82) is 0 Å². The first-order valence-corrected chi connectivity index (χ1v) is 8.23. The average molecular weight is 340 g/mol. The van der Waals surface area contributed by atoms with E-state index in [9.17, 15) is 14.7 Å². The molecule has 0 radical (unpaired) electrons. The Bertz CT molecular complexity index is 761. The lowest BCUT2D eigenvalue weighted by Gasteiger charge is -2.22. The highest BCUT2D eigenvalue weighted by Gasteiger charge is 2.21.